The van der Waals surface area contributed by atoms with Gasteiger partial charge in [0.05, 0.1) is 33.2 Å². The van der Waals surface area contributed by atoms with Gasteiger partial charge in [-0.1, -0.05) is 25.0 Å². The lowest BCUT2D eigenvalue weighted by atomic mass is 9.76. The van der Waals surface area contributed by atoms with Crippen LogP contribution in [0, 0.1) is 24.2 Å². The van der Waals surface area contributed by atoms with E-state index in [0.29, 0.717) is 13.1 Å². The SMILES string of the molecule is Cc1nc([C@@H]2CCCC[C@H]2C(=O)NCC#N)c(-c2ccc(N3CCS(=O)(=O)CC3)cc2)s1. The van der Waals surface area contributed by atoms with Crippen LogP contribution in [0.15, 0.2) is 24.3 Å². The zero-order valence-electron chi connectivity index (χ0n) is 18.2. The number of carbonyl (C=O) groups is 1. The van der Waals surface area contributed by atoms with E-state index in [9.17, 15) is 13.2 Å². The van der Waals surface area contributed by atoms with Crippen LogP contribution in [0.1, 0.15) is 42.3 Å². The van der Waals surface area contributed by atoms with E-state index in [1.807, 2.05) is 25.1 Å². The van der Waals surface area contributed by atoms with E-state index in [-0.39, 0.29) is 35.8 Å². The molecule has 1 aliphatic heterocycles. The standard InChI is InChI=1S/C23H28N4O3S2/c1-16-26-21(19-4-2-3-5-20(19)23(28)25-11-10-24)22(31-16)17-6-8-18(9-7-17)27-12-14-32(29,30)15-13-27/h6-9,19-20H,2-5,11-15H2,1H3,(H,25,28)/t19-,20-/m1/s1. The van der Waals surface area contributed by atoms with E-state index in [1.54, 1.807) is 11.3 Å². The number of aryl methyl sites for hydroxylation is 1. The highest BCUT2D eigenvalue weighted by Crippen LogP contribution is 2.44. The van der Waals surface area contributed by atoms with Crippen molar-refractivity contribution in [1.29, 1.82) is 5.26 Å². The van der Waals surface area contributed by atoms with Gasteiger partial charge in [-0.2, -0.15) is 5.26 Å². The van der Waals surface area contributed by atoms with Gasteiger partial charge >= 0.3 is 0 Å². The fourth-order valence-electron chi connectivity index (χ4n) is 4.73. The maximum atomic E-state index is 12.7. The van der Waals surface area contributed by atoms with Gasteiger partial charge in [0.15, 0.2) is 9.84 Å². The summed E-state index contributed by atoms with van der Waals surface area (Å²) < 4.78 is 23.4. The maximum absolute atomic E-state index is 12.7. The van der Waals surface area contributed by atoms with Crippen LogP contribution in [0.2, 0.25) is 0 Å². The lowest BCUT2D eigenvalue weighted by Gasteiger charge is -2.30. The average molecular weight is 473 g/mol. The lowest BCUT2D eigenvalue weighted by Crippen LogP contribution is -2.40. The fourth-order valence-corrected chi connectivity index (χ4v) is 6.92. The molecule has 1 N–H and O–H groups in total. The Bertz CT molecular complexity index is 1110. The van der Waals surface area contributed by atoms with Crippen molar-refractivity contribution in [1.82, 2.24) is 10.3 Å². The minimum atomic E-state index is -2.91. The van der Waals surface area contributed by atoms with Crippen molar-refractivity contribution in [2.24, 2.45) is 5.92 Å². The second-order valence-electron chi connectivity index (χ2n) is 8.51. The quantitative estimate of drug-likeness (QED) is 0.670. The first-order chi connectivity index (χ1) is 15.4. The molecule has 1 saturated heterocycles. The molecule has 1 aliphatic carbocycles. The van der Waals surface area contributed by atoms with Crippen molar-refractivity contribution in [2.45, 2.75) is 38.5 Å². The number of nitrogens with zero attached hydrogens (tertiary/aromatic N) is 3. The number of rotatable bonds is 5. The molecule has 2 atom stereocenters. The number of nitriles is 1. The molecule has 2 aromatic rings. The Morgan fingerprint density at radius 2 is 1.91 bits per heavy atom. The molecule has 2 heterocycles. The van der Waals surface area contributed by atoms with Crippen molar-refractivity contribution in [2.75, 3.05) is 36.0 Å². The number of hydrogen-bond donors (Lipinski definition) is 1. The molecule has 1 aromatic heterocycles. The number of benzene rings is 1. The van der Waals surface area contributed by atoms with Crippen LogP contribution in [0.25, 0.3) is 10.4 Å². The highest BCUT2D eigenvalue weighted by molar-refractivity contribution is 7.91. The molecule has 170 valence electrons. The predicted molar refractivity (Wildman–Crippen MR) is 126 cm³/mol. The number of nitrogens with one attached hydrogen (secondary N) is 1. The Hall–Kier alpha value is -2.44. The van der Waals surface area contributed by atoms with E-state index < -0.39 is 9.84 Å². The normalized spacial score (nSPS) is 22.8. The van der Waals surface area contributed by atoms with Gasteiger partial charge in [0.1, 0.15) is 6.54 Å². The minimum Gasteiger partial charge on any atom is -0.369 e. The summed E-state index contributed by atoms with van der Waals surface area (Å²) in [6, 6.07) is 10.2. The molecular weight excluding hydrogens is 444 g/mol. The number of amides is 1. The number of anilines is 1. The molecule has 4 rings (SSSR count). The van der Waals surface area contributed by atoms with Crippen LogP contribution in [0.4, 0.5) is 5.69 Å². The Morgan fingerprint density at radius 3 is 2.59 bits per heavy atom. The first-order valence-corrected chi connectivity index (χ1v) is 13.7. The first kappa shape index (κ1) is 22.7. The molecule has 2 fully saturated rings. The third kappa shape index (κ3) is 4.97. The molecule has 32 heavy (non-hydrogen) atoms. The monoisotopic (exact) mass is 472 g/mol. The van der Waals surface area contributed by atoms with Crippen LogP contribution in [-0.2, 0) is 14.6 Å². The van der Waals surface area contributed by atoms with Crippen molar-refractivity contribution in [3.8, 4) is 16.5 Å². The molecule has 0 unspecified atom stereocenters. The van der Waals surface area contributed by atoms with Crippen LogP contribution >= 0.6 is 11.3 Å². The number of aromatic nitrogens is 1. The Morgan fingerprint density at radius 1 is 1.22 bits per heavy atom. The summed E-state index contributed by atoms with van der Waals surface area (Å²) in [7, 11) is -2.91. The fraction of sp³-hybridized carbons (Fsp3) is 0.522. The number of thiazole rings is 1. The van der Waals surface area contributed by atoms with Gasteiger partial charge in [0, 0.05) is 30.6 Å². The minimum absolute atomic E-state index is 0.0320. The van der Waals surface area contributed by atoms with Crippen molar-refractivity contribution < 1.29 is 13.2 Å². The van der Waals surface area contributed by atoms with Crippen LogP contribution < -0.4 is 10.2 Å². The third-order valence-corrected chi connectivity index (χ3v) is 9.04. The van der Waals surface area contributed by atoms with Crippen LogP contribution in [0.5, 0.6) is 0 Å². The molecular formula is C23H28N4O3S2. The summed E-state index contributed by atoms with van der Waals surface area (Å²) in [5.74, 6) is 0.234. The predicted octanol–water partition coefficient (Wildman–Crippen LogP) is 3.27. The third-order valence-electron chi connectivity index (χ3n) is 6.39. The second-order valence-corrected chi connectivity index (χ2v) is 12.0. The Kier molecular flexibility index (Phi) is 6.82. The average Bonchev–Trinajstić information content (AvgIpc) is 3.19. The van der Waals surface area contributed by atoms with Crippen molar-refractivity contribution in [3.63, 3.8) is 0 Å². The lowest BCUT2D eigenvalue weighted by molar-refractivity contribution is -0.126. The Balaban J connectivity index is 1.58. The summed E-state index contributed by atoms with van der Waals surface area (Å²) in [5.41, 5.74) is 3.08. The number of sulfone groups is 1. The zero-order chi connectivity index (χ0) is 22.7. The second kappa shape index (κ2) is 9.59. The van der Waals surface area contributed by atoms with Gasteiger partial charge in [-0.25, -0.2) is 13.4 Å². The largest absolute Gasteiger partial charge is 0.369 e. The number of carbonyl (C=O) groups excluding carboxylic acids is 1. The topological polar surface area (TPSA) is 103 Å². The molecule has 7 nitrogen and oxygen atoms in total. The summed E-state index contributed by atoms with van der Waals surface area (Å²) in [4.78, 5) is 20.8. The van der Waals surface area contributed by atoms with Gasteiger partial charge in [-0.15, -0.1) is 11.3 Å². The van der Waals surface area contributed by atoms with E-state index in [0.717, 1.165) is 52.5 Å². The van der Waals surface area contributed by atoms with Gasteiger partial charge in [-0.3, -0.25) is 4.79 Å². The number of hydrogen-bond acceptors (Lipinski definition) is 7. The van der Waals surface area contributed by atoms with E-state index in [4.69, 9.17) is 10.2 Å². The highest BCUT2D eigenvalue weighted by Gasteiger charge is 2.35. The molecule has 2 aliphatic rings. The van der Waals surface area contributed by atoms with Gasteiger partial charge < -0.3 is 10.2 Å². The molecule has 1 aromatic carbocycles. The van der Waals surface area contributed by atoms with E-state index >= 15 is 0 Å². The first-order valence-electron chi connectivity index (χ1n) is 11.1. The summed E-state index contributed by atoms with van der Waals surface area (Å²) in [5, 5.41) is 12.5. The molecule has 1 saturated carbocycles. The van der Waals surface area contributed by atoms with Crippen molar-refractivity contribution in [3.05, 3.63) is 35.0 Å². The zero-order valence-corrected chi connectivity index (χ0v) is 19.8. The van der Waals surface area contributed by atoms with Gasteiger partial charge in [0.25, 0.3) is 0 Å². The summed E-state index contributed by atoms with van der Waals surface area (Å²) >= 11 is 1.65. The summed E-state index contributed by atoms with van der Waals surface area (Å²) in [6.07, 6.45) is 3.81. The maximum Gasteiger partial charge on any atom is 0.224 e. The molecule has 0 bridgehead atoms. The van der Waals surface area contributed by atoms with Crippen LogP contribution in [0.3, 0.4) is 0 Å². The molecule has 9 heteroatoms. The Labute approximate surface area is 193 Å². The molecule has 1 amide bonds. The highest BCUT2D eigenvalue weighted by atomic mass is 32.2. The van der Waals surface area contributed by atoms with Crippen molar-refractivity contribution >= 4 is 32.8 Å². The van der Waals surface area contributed by atoms with Crippen LogP contribution in [-0.4, -0.2) is 50.4 Å². The van der Waals surface area contributed by atoms with Gasteiger partial charge in [-0.05, 0) is 37.5 Å². The van der Waals surface area contributed by atoms with E-state index in [2.05, 4.69) is 22.3 Å². The molecule has 0 radical (unpaired) electrons. The molecule has 0 spiro atoms. The summed E-state index contributed by atoms with van der Waals surface area (Å²) in [6.45, 7) is 3.07. The smallest absolute Gasteiger partial charge is 0.224 e. The van der Waals surface area contributed by atoms with Gasteiger partial charge in [0.2, 0.25) is 5.91 Å². The van der Waals surface area contributed by atoms with E-state index in [1.165, 1.54) is 0 Å².